The van der Waals surface area contributed by atoms with Crippen LogP contribution in [0, 0.1) is 6.92 Å². The summed E-state index contributed by atoms with van der Waals surface area (Å²) in [5.74, 6) is -1.38. The van der Waals surface area contributed by atoms with Gasteiger partial charge in [-0.2, -0.15) is 0 Å². The molecule has 7 nitrogen and oxygen atoms in total. The minimum atomic E-state index is -1.08. The molecule has 0 aromatic carbocycles. The number of aryl methyl sites for hydroxylation is 2. The minimum Gasteiger partial charge on any atom is -0.479 e. The van der Waals surface area contributed by atoms with Crippen molar-refractivity contribution in [3.63, 3.8) is 0 Å². The summed E-state index contributed by atoms with van der Waals surface area (Å²) >= 11 is 0. The minimum absolute atomic E-state index is 0.211. The molecule has 0 fully saturated rings. The third-order valence-electron chi connectivity index (χ3n) is 4.16. The van der Waals surface area contributed by atoms with Crippen LogP contribution in [0.5, 0.6) is 5.88 Å². The molecule has 2 aromatic rings. The molecule has 1 aliphatic rings. The van der Waals surface area contributed by atoms with E-state index in [2.05, 4.69) is 4.98 Å². The number of primary amides is 1. The van der Waals surface area contributed by atoms with Crippen LogP contribution in [0.4, 0.5) is 0 Å². The Morgan fingerprint density at radius 3 is 2.83 bits per heavy atom. The molecule has 0 bridgehead atoms. The van der Waals surface area contributed by atoms with E-state index in [9.17, 15) is 9.59 Å². The zero-order valence-corrected chi connectivity index (χ0v) is 13.6. The summed E-state index contributed by atoms with van der Waals surface area (Å²) in [7, 11) is 0. The van der Waals surface area contributed by atoms with E-state index in [-0.39, 0.29) is 5.88 Å². The topological polar surface area (TPSA) is 107 Å². The highest BCUT2D eigenvalue weighted by atomic mass is 16.5. The molecule has 3 N–H and O–H groups in total. The molecule has 0 aliphatic heterocycles. The number of ether oxygens (including phenoxy) is 1. The highest BCUT2D eigenvalue weighted by Crippen LogP contribution is 2.38. The van der Waals surface area contributed by atoms with E-state index in [0.717, 1.165) is 36.1 Å². The van der Waals surface area contributed by atoms with Crippen LogP contribution in [0.2, 0.25) is 0 Å². The van der Waals surface area contributed by atoms with Gasteiger partial charge in [0.05, 0.1) is 5.69 Å². The summed E-state index contributed by atoms with van der Waals surface area (Å²) in [5.41, 5.74) is 10.2. The van der Waals surface area contributed by atoms with Crippen LogP contribution in [-0.4, -0.2) is 33.0 Å². The molecule has 0 spiro atoms. The third kappa shape index (κ3) is 2.51. The van der Waals surface area contributed by atoms with Crippen LogP contribution >= 0.6 is 0 Å². The second-order valence-corrected chi connectivity index (χ2v) is 5.76. The van der Waals surface area contributed by atoms with E-state index in [1.54, 1.807) is 0 Å². The summed E-state index contributed by atoms with van der Waals surface area (Å²) in [4.78, 5) is 27.1. The molecule has 126 valence electrons. The van der Waals surface area contributed by atoms with Gasteiger partial charge in [0.25, 0.3) is 0 Å². The van der Waals surface area contributed by atoms with Gasteiger partial charge >= 0.3 is 5.97 Å². The molecule has 0 saturated carbocycles. The fraction of sp³-hybridized carbons (Fsp3) is 0.353. The zero-order valence-electron chi connectivity index (χ0n) is 13.6. The summed E-state index contributed by atoms with van der Waals surface area (Å²) < 4.78 is 7.35. The number of hydrogen-bond donors (Lipinski definition) is 2. The Bertz CT molecular complexity index is 880. The second-order valence-electron chi connectivity index (χ2n) is 5.76. The van der Waals surface area contributed by atoms with Crippen molar-refractivity contribution < 1.29 is 19.4 Å². The van der Waals surface area contributed by atoms with Crippen LogP contribution in [0.1, 0.15) is 35.9 Å². The van der Waals surface area contributed by atoms with E-state index in [1.807, 2.05) is 30.5 Å². The van der Waals surface area contributed by atoms with Gasteiger partial charge in [0.15, 0.2) is 6.61 Å². The van der Waals surface area contributed by atoms with Crippen LogP contribution in [0.3, 0.4) is 0 Å². The fourth-order valence-electron chi connectivity index (χ4n) is 3.33. The first kappa shape index (κ1) is 16.0. The van der Waals surface area contributed by atoms with Crippen molar-refractivity contribution in [1.29, 1.82) is 0 Å². The van der Waals surface area contributed by atoms with E-state index < -0.39 is 18.5 Å². The van der Waals surface area contributed by atoms with Crippen molar-refractivity contribution in [3.8, 4) is 5.88 Å². The summed E-state index contributed by atoms with van der Waals surface area (Å²) in [6, 6.07) is 0. The smallest absolute Gasteiger partial charge is 0.341 e. The van der Waals surface area contributed by atoms with Crippen LogP contribution in [0.25, 0.3) is 11.1 Å². The lowest BCUT2D eigenvalue weighted by Crippen LogP contribution is -2.16. The quantitative estimate of drug-likeness (QED) is 0.864. The fourth-order valence-corrected chi connectivity index (χ4v) is 3.33. The Balaban J connectivity index is 2.34. The second kappa shape index (κ2) is 5.99. The Labute approximate surface area is 138 Å². The lowest BCUT2D eigenvalue weighted by Gasteiger charge is -2.13. The van der Waals surface area contributed by atoms with Crippen molar-refractivity contribution >= 4 is 23.0 Å². The first-order valence-electron chi connectivity index (χ1n) is 7.82. The lowest BCUT2D eigenvalue weighted by atomic mass is 9.91. The van der Waals surface area contributed by atoms with Crippen molar-refractivity contribution in [1.82, 2.24) is 9.38 Å². The van der Waals surface area contributed by atoms with Gasteiger partial charge in [-0.25, -0.2) is 9.78 Å². The maximum atomic E-state index is 11.9. The highest BCUT2D eigenvalue weighted by Gasteiger charge is 2.28. The number of aliphatic carboxylic acids is 1. The number of amides is 1. The highest BCUT2D eigenvalue weighted by molar-refractivity contribution is 6.22. The van der Waals surface area contributed by atoms with Crippen molar-refractivity contribution in [2.75, 3.05) is 6.61 Å². The standard InChI is InChI=1S/C17H19N3O4/c1-3-12-10-5-4-6-11(16(18)23)14(10)15-17(24-8-13(21)22)19-9(2)7-20(12)15/h6-7H,3-5,8H2,1-2H3,(H2,18,23)(H,21,22). The number of nitrogens with two attached hydrogens (primary N) is 1. The lowest BCUT2D eigenvalue weighted by molar-refractivity contribution is -0.139. The number of fused-ring (bicyclic) bond motifs is 3. The Kier molecular flexibility index (Phi) is 4.01. The predicted molar refractivity (Wildman–Crippen MR) is 87.9 cm³/mol. The van der Waals surface area contributed by atoms with Gasteiger partial charge < -0.3 is 20.0 Å². The molecule has 1 amide bonds. The normalized spacial score (nSPS) is 13.5. The maximum Gasteiger partial charge on any atom is 0.341 e. The molecule has 2 aromatic heterocycles. The van der Waals surface area contributed by atoms with Gasteiger partial charge in [-0.1, -0.05) is 13.0 Å². The molecule has 1 aliphatic carbocycles. The van der Waals surface area contributed by atoms with E-state index >= 15 is 0 Å². The maximum absolute atomic E-state index is 11.9. The number of rotatable bonds is 5. The number of hydrogen-bond acceptors (Lipinski definition) is 4. The van der Waals surface area contributed by atoms with Crippen molar-refractivity contribution in [3.05, 3.63) is 34.8 Å². The molecule has 0 radical (unpaired) electrons. The number of allylic oxidation sites excluding steroid dienone is 1. The monoisotopic (exact) mass is 329 g/mol. The first-order chi connectivity index (χ1) is 11.4. The largest absolute Gasteiger partial charge is 0.479 e. The molecule has 0 atom stereocenters. The predicted octanol–water partition coefficient (Wildman–Crippen LogP) is 1.48. The molecular weight excluding hydrogens is 310 g/mol. The van der Waals surface area contributed by atoms with E-state index in [0.29, 0.717) is 16.8 Å². The Hall–Kier alpha value is -2.83. The zero-order chi connectivity index (χ0) is 17.4. The van der Waals surface area contributed by atoms with E-state index in [1.165, 1.54) is 0 Å². The van der Waals surface area contributed by atoms with Crippen LogP contribution in [-0.2, 0) is 22.4 Å². The number of carbonyl (C=O) groups excluding carboxylic acids is 1. The Morgan fingerprint density at radius 1 is 1.46 bits per heavy atom. The average molecular weight is 329 g/mol. The number of aromatic nitrogens is 2. The number of carbonyl (C=O) groups is 2. The summed E-state index contributed by atoms with van der Waals surface area (Å²) in [6.07, 6.45) is 6.01. The molecule has 2 heterocycles. The van der Waals surface area contributed by atoms with Gasteiger partial charge in [-0.15, -0.1) is 0 Å². The molecule has 7 heteroatoms. The number of nitrogens with zero attached hydrogens (tertiary/aromatic N) is 2. The third-order valence-corrected chi connectivity index (χ3v) is 4.16. The van der Waals surface area contributed by atoms with Gasteiger partial charge in [-0.05, 0) is 31.7 Å². The molecule has 0 unspecified atom stereocenters. The van der Waals surface area contributed by atoms with Crippen molar-refractivity contribution in [2.45, 2.75) is 33.1 Å². The summed E-state index contributed by atoms with van der Waals surface area (Å²) in [6.45, 7) is 3.36. The molecule has 24 heavy (non-hydrogen) atoms. The number of carboxylic acid groups (broad SMARTS) is 1. The van der Waals surface area contributed by atoms with Crippen LogP contribution in [0.15, 0.2) is 12.3 Å². The van der Waals surface area contributed by atoms with Gasteiger partial charge in [-0.3, -0.25) is 4.79 Å². The van der Waals surface area contributed by atoms with Crippen molar-refractivity contribution in [2.24, 2.45) is 5.73 Å². The summed E-state index contributed by atoms with van der Waals surface area (Å²) in [5, 5.41) is 8.90. The van der Waals surface area contributed by atoms with Gasteiger partial charge in [0.2, 0.25) is 11.8 Å². The average Bonchev–Trinajstić information content (AvgIpc) is 2.85. The molecular formula is C17H19N3O4. The SMILES string of the molecule is CCc1c2c(c3c(OCC(=O)O)nc(C)cn13)C(C(N)=O)=CCC2. The number of carboxylic acids is 1. The first-order valence-corrected chi connectivity index (χ1v) is 7.82. The van der Waals surface area contributed by atoms with Gasteiger partial charge in [0.1, 0.15) is 5.52 Å². The molecule has 3 rings (SSSR count). The van der Waals surface area contributed by atoms with E-state index in [4.69, 9.17) is 15.6 Å². The van der Waals surface area contributed by atoms with Crippen LogP contribution < -0.4 is 10.5 Å². The van der Waals surface area contributed by atoms with Gasteiger partial charge in [0, 0.05) is 23.0 Å². The molecule has 0 saturated heterocycles. The Morgan fingerprint density at radius 2 is 2.21 bits per heavy atom.